The van der Waals surface area contributed by atoms with Gasteiger partial charge in [0.05, 0.1) is 5.75 Å². The van der Waals surface area contributed by atoms with E-state index in [2.05, 4.69) is 62.3 Å². The fraction of sp³-hybridized carbons (Fsp3) is 0.500. The molecule has 1 heterocycles. The Hall–Kier alpha value is -2.02. The summed E-state index contributed by atoms with van der Waals surface area (Å²) in [4.78, 5) is 12.0. The summed E-state index contributed by atoms with van der Waals surface area (Å²) >= 11 is 1.27. The van der Waals surface area contributed by atoms with Crippen molar-refractivity contribution in [2.45, 2.75) is 51.6 Å². The zero-order valence-corrected chi connectivity index (χ0v) is 16.4. The van der Waals surface area contributed by atoms with Gasteiger partial charge in [-0.3, -0.25) is 4.79 Å². The van der Waals surface area contributed by atoms with Crippen LogP contribution in [0.15, 0.2) is 23.6 Å². The van der Waals surface area contributed by atoms with Crippen LogP contribution in [0.3, 0.4) is 0 Å². The maximum Gasteiger partial charge on any atom is 0.230 e. The molecule has 0 saturated heterocycles. The molecule has 0 bridgehead atoms. The van der Waals surface area contributed by atoms with Crippen molar-refractivity contribution in [3.05, 3.63) is 40.7 Å². The van der Waals surface area contributed by atoms with Crippen LogP contribution in [-0.2, 0) is 16.6 Å². The van der Waals surface area contributed by atoms with E-state index in [4.69, 9.17) is 5.84 Å². The van der Waals surface area contributed by atoms with E-state index >= 15 is 0 Å². The molecule has 0 aliphatic heterocycles. The lowest BCUT2D eigenvalue weighted by molar-refractivity contribution is -0.118. The molecule has 2 rings (SSSR count). The van der Waals surface area contributed by atoms with E-state index in [0.717, 1.165) is 6.42 Å². The molecule has 25 heavy (non-hydrogen) atoms. The number of aryl methyl sites for hydroxylation is 2. The van der Waals surface area contributed by atoms with Gasteiger partial charge in [-0.2, -0.15) is 0 Å². The second-order valence-corrected chi connectivity index (χ2v) is 8.19. The van der Waals surface area contributed by atoms with E-state index in [9.17, 15) is 4.79 Å². The van der Waals surface area contributed by atoms with Crippen LogP contribution in [0.4, 0.5) is 0 Å². The van der Waals surface area contributed by atoms with Crippen molar-refractivity contribution < 1.29 is 4.79 Å². The second-order valence-electron chi connectivity index (χ2n) is 7.25. The predicted octanol–water partition coefficient (Wildman–Crippen LogP) is 2.36. The standard InChI is InChI=1S/C18H27N5OS/c1-12-8-14(18(3,4)5)9-13(2)15(12)6-7-20-16(24)10-25-17-22-21-11-23(17)19/h8-9,11H,6-7,10,19H2,1-5H3,(H,20,24). The SMILES string of the molecule is Cc1cc(C(C)(C)C)cc(C)c1CCNC(=O)CSc1nncn1N. The Balaban J connectivity index is 1.87. The number of benzene rings is 1. The molecule has 0 radical (unpaired) electrons. The number of nitrogens with two attached hydrogens (primary N) is 1. The highest BCUT2D eigenvalue weighted by molar-refractivity contribution is 7.99. The first-order valence-corrected chi connectivity index (χ1v) is 9.32. The molecule has 0 spiro atoms. The molecule has 136 valence electrons. The van der Waals surface area contributed by atoms with Crippen molar-refractivity contribution in [3.8, 4) is 0 Å². The van der Waals surface area contributed by atoms with Crippen molar-refractivity contribution >= 4 is 17.7 Å². The molecule has 1 aromatic carbocycles. The molecule has 6 nitrogen and oxygen atoms in total. The minimum atomic E-state index is -0.0328. The Labute approximate surface area is 153 Å². The molecule has 2 aromatic rings. The smallest absolute Gasteiger partial charge is 0.230 e. The van der Waals surface area contributed by atoms with Gasteiger partial charge in [-0.1, -0.05) is 44.7 Å². The molecule has 0 aliphatic rings. The van der Waals surface area contributed by atoms with Crippen molar-refractivity contribution in [1.29, 1.82) is 0 Å². The third kappa shape index (κ3) is 5.22. The molecule has 0 saturated carbocycles. The fourth-order valence-electron chi connectivity index (χ4n) is 2.66. The number of nitrogen functional groups attached to an aromatic ring is 1. The zero-order valence-electron chi connectivity index (χ0n) is 15.6. The summed E-state index contributed by atoms with van der Waals surface area (Å²) in [5.74, 6) is 5.86. The summed E-state index contributed by atoms with van der Waals surface area (Å²) in [5, 5.41) is 11.0. The molecule has 3 N–H and O–H groups in total. The average molecular weight is 362 g/mol. The number of nitrogens with zero attached hydrogens (tertiary/aromatic N) is 3. The normalized spacial score (nSPS) is 11.6. The molecule has 7 heteroatoms. The molecule has 0 unspecified atom stereocenters. The third-order valence-corrected chi connectivity index (χ3v) is 5.09. The monoisotopic (exact) mass is 361 g/mol. The van der Waals surface area contributed by atoms with Crippen molar-refractivity contribution in [2.75, 3.05) is 18.1 Å². The summed E-state index contributed by atoms with van der Waals surface area (Å²) in [6.07, 6.45) is 2.23. The number of carbonyl (C=O) groups excluding carboxylic acids is 1. The molecule has 0 atom stereocenters. The van der Waals surface area contributed by atoms with E-state index in [-0.39, 0.29) is 17.1 Å². The first-order valence-electron chi connectivity index (χ1n) is 8.33. The quantitative estimate of drug-likeness (QED) is 0.609. The summed E-state index contributed by atoms with van der Waals surface area (Å²) in [5.41, 5.74) is 5.36. The number of nitrogens with one attached hydrogen (secondary N) is 1. The lowest BCUT2D eigenvalue weighted by Gasteiger charge is -2.22. The Morgan fingerprint density at radius 1 is 1.28 bits per heavy atom. The summed E-state index contributed by atoms with van der Waals surface area (Å²) in [6, 6.07) is 4.52. The molecule has 1 amide bonds. The zero-order chi connectivity index (χ0) is 18.6. The van der Waals surface area contributed by atoms with Gasteiger partial charge in [0.1, 0.15) is 6.33 Å². The maximum atomic E-state index is 12.0. The predicted molar refractivity (Wildman–Crippen MR) is 102 cm³/mol. The van der Waals surface area contributed by atoms with Gasteiger partial charge in [-0.25, -0.2) is 4.68 Å². The van der Waals surface area contributed by atoms with Crippen LogP contribution in [0, 0.1) is 13.8 Å². The molecule has 0 aliphatic carbocycles. The van der Waals surface area contributed by atoms with Gasteiger partial charge in [0, 0.05) is 6.54 Å². The van der Waals surface area contributed by atoms with Crippen LogP contribution in [0.5, 0.6) is 0 Å². The van der Waals surface area contributed by atoms with E-state index in [1.165, 1.54) is 45.0 Å². The number of thioether (sulfide) groups is 1. The Kier molecular flexibility index (Phi) is 6.11. The number of hydrogen-bond acceptors (Lipinski definition) is 5. The largest absolute Gasteiger partial charge is 0.355 e. The first kappa shape index (κ1) is 19.3. The molecule has 0 fully saturated rings. The topological polar surface area (TPSA) is 85.8 Å². The van der Waals surface area contributed by atoms with Crippen LogP contribution in [0.2, 0.25) is 0 Å². The third-order valence-electron chi connectivity index (χ3n) is 4.13. The first-order chi connectivity index (χ1) is 11.7. The number of hydrogen-bond donors (Lipinski definition) is 2. The average Bonchev–Trinajstić information content (AvgIpc) is 2.92. The number of carbonyl (C=O) groups is 1. The van der Waals surface area contributed by atoms with Crippen LogP contribution < -0.4 is 11.2 Å². The van der Waals surface area contributed by atoms with Gasteiger partial charge in [0.2, 0.25) is 11.1 Å². The fourth-order valence-corrected chi connectivity index (χ4v) is 3.33. The van der Waals surface area contributed by atoms with E-state index < -0.39 is 0 Å². The van der Waals surface area contributed by atoms with Crippen LogP contribution in [0.25, 0.3) is 0 Å². The minimum absolute atomic E-state index is 0.0328. The van der Waals surface area contributed by atoms with E-state index in [1.807, 2.05) is 0 Å². The maximum absolute atomic E-state index is 12.0. The van der Waals surface area contributed by atoms with Crippen LogP contribution >= 0.6 is 11.8 Å². The van der Waals surface area contributed by atoms with Gasteiger partial charge < -0.3 is 11.2 Å². The lowest BCUT2D eigenvalue weighted by Crippen LogP contribution is -2.28. The number of rotatable bonds is 6. The number of amides is 1. The molecular formula is C18H27N5OS. The van der Waals surface area contributed by atoms with Crippen LogP contribution in [-0.4, -0.2) is 33.1 Å². The highest BCUT2D eigenvalue weighted by Crippen LogP contribution is 2.27. The second kappa shape index (κ2) is 7.91. The van der Waals surface area contributed by atoms with E-state index in [1.54, 1.807) is 0 Å². The highest BCUT2D eigenvalue weighted by atomic mass is 32.2. The number of aromatic nitrogens is 3. The molecular weight excluding hydrogens is 334 g/mol. The van der Waals surface area contributed by atoms with Gasteiger partial charge >= 0.3 is 0 Å². The highest BCUT2D eigenvalue weighted by Gasteiger charge is 2.16. The van der Waals surface area contributed by atoms with E-state index in [0.29, 0.717) is 11.7 Å². The van der Waals surface area contributed by atoms with Crippen molar-refractivity contribution in [3.63, 3.8) is 0 Å². The molecule has 1 aromatic heterocycles. The lowest BCUT2D eigenvalue weighted by atomic mass is 9.83. The Morgan fingerprint density at radius 2 is 1.92 bits per heavy atom. The van der Waals surface area contributed by atoms with Crippen LogP contribution in [0.1, 0.15) is 43.0 Å². The summed E-state index contributed by atoms with van der Waals surface area (Å²) < 4.78 is 1.31. The van der Waals surface area contributed by atoms with Gasteiger partial charge in [0.25, 0.3) is 0 Å². The Morgan fingerprint density at radius 3 is 2.44 bits per heavy atom. The van der Waals surface area contributed by atoms with Crippen molar-refractivity contribution in [1.82, 2.24) is 20.2 Å². The summed E-state index contributed by atoms with van der Waals surface area (Å²) in [7, 11) is 0. The van der Waals surface area contributed by atoms with Gasteiger partial charge in [-0.15, -0.1) is 10.2 Å². The van der Waals surface area contributed by atoms with Gasteiger partial charge in [0.15, 0.2) is 0 Å². The Bertz CT molecular complexity index is 725. The van der Waals surface area contributed by atoms with Crippen molar-refractivity contribution in [2.24, 2.45) is 0 Å². The minimum Gasteiger partial charge on any atom is -0.355 e. The van der Waals surface area contributed by atoms with Gasteiger partial charge in [-0.05, 0) is 47.9 Å². The summed E-state index contributed by atoms with van der Waals surface area (Å²) in [6.45, 7) is 11.6.